The van der Waals surface area contributed by atoms with Crippen LogP contribution in [0.15, 0.2) is 36.5 Å². The van der Waals surface area contributed by atoms with Crippen LogP contribution >= 0.6 is 11.6 Å². The summed E-state index contributed by atoms with van der Waals surface area (Å²) in [5.74, 6) is 0.107. The Balaban J connectivity index is 2.38. The van der Waals surface area contributed by atoms with Gasteiger partial charge in [-0.3, -0.25) is 20.2 Å². The predicted octanol–water partition coefficient (Wildman–Crippen LogP) is 3.34. The number of rotatable bonds is 4. The fourth-order valence-corrected chi connectivity index (χ4v) is 1.51. The zero-order valence-corrected chi connectivity index (χ0v) is 10.5. The quantitative estimate of drug-likeness (QED) is 0.486. The second kappa shape index (κ2) is 5.49. The number of aromatic nitrogens is 1. The third kappa shape index (κ3) is 2.98. The third-order valence-electron chi connectivity index (χ3n) is 2.28. The Morgan fingerprint density at radius 1 is 1.10 bits per heavy atom. The van der Waals surface area contributed by atoms with Gasteiger partial charge in [0.15, 0.2) is 0 Å². The van der Waals surface area contributed by atoms with E-state index in [1.165, 1.54) is 18.3 Å². The molecule has 1 aromatic carbocycles. The molecule has 0 aliphatic carbocycles. The summed E-state index contributed by atoms with van der Waals surface area (Å²) in [5, 5.41) is 21.8. The molecule has 0 fully saturated rings. The molecule has 0 aliphatic heterocycles. The van der Waals surface area contributed by atoms with Gasteiger partial charge < -0.3 is 4.74 Å². The highest BCUT2D eigenvalue weighted by molar-refractivity contribution is 6.29. The largest absolute Gasteiger partial charge is 0.448 e. The molecule has 1 aromatic heterocycles. The molecule has 0 atom stereocenters. The van der Waals surface area contributed by atoms with E-state index in [0.29, 0.717) is 0 Å². The van der Waals surface area contributed by atoms with Gasteiger partial charge in [-0.05, 0) is 18.2 Å². The van der Waals surface area contributed by atoms with Gasteiger partial charge in [0.2, 0.25) is 5.75 Å². The monoisotopic (exact) mass is 295 g/mol. The van der Waals surface area contributed by atoms with Gasteiger partial charge >= 0.3 is 5.69 Å². The van der Waals surface area contributed by atoms with E-state index in [1.807, 2.05) is 0 Å². The van der Waals surface area contributed by atoms with Crippen LogP contribution in [0, 0.1) is 20.2 Å². The summed E-state index contributed by atoms with van der Waals surface area (Å²) >= 11 is 5.60. The Hall–Kier alpha value is -2.74. The Labute approximate surface area is 116 Å². The summed E-state index contributed by atoms with van der Waals surface area (Å²) in [6.45, 7) is 0. The van der Waals surface area contributed by atoms with Gasteiger partial charge in [0.1, 0.15) is 10.9 Å². The second-order valence-corrected chi connectivity index (χ2v) is 3.97. The minimum Gasteiger partial charge on any atom is -0.448 e. The molecule has 0 unspecified atom stereocenters. The third-order valence-corrected chi connectivity index (χ3v) is 2.50. The number of nitrogens with zero attached hydrogens (tertiary/aromatic N) is 3. The molecule has 0 saturated carbocycles. The number of ether oxygens (including phenoxy) is 1. The lowest BCUT2D eigenvalue weighted by Gasteiger charge is -2.05. The summed E-state index contributed by atoms with van der Waals surface area (Å²) in [5.41, 5.74) is -0.896. The van der Waals surface area contributed by atoms with Crippen molar-refractivity contribution in [3.05, 3.63) is 61.9 Å². The van der Waals surface area contributed by atoms with Gasteiger partial charge in [0, 0.05) is 6.07 Å². The smallest absolute Gasteiger partial charge is 0.318 e. The van der Waals surface area contributed by atoms with Crippen molar-refractivity contribution < 1.29 is 14.6 Å². The van der Waals surface area contributed by atoms with Crippen molar-refractivity contribution in [2.75, 3.05) is 0 Å². The number of hydrogen-bond acceptors (Lipinski definition) is 6. The number of nitro benzene ring substituents is 2. The molecule has 9 heteroatoms. The molecule has 2 aromatic rings. The van der Waals surface area contributed by atoms with Crippen molar-refractivity contribution in [1.29, 1.82) is 0 Å². The van der Waals surface area contributed by atoms with Crippen molar-refractivity contribution in [2.45, 2.75) is 0 Å². The highest BCUT2D eigenvalue weighted by Crippen LogP contribution is 2.34. The van der Waals surface area contributed by atoms with E-state index in [0.717, 1.165) is 18.2 Å². The first kappa shape index (κ1) is 13.7. The van der Waals surface area contributed by atoms with E-state index in [2.05, 4.69) is 4.98 Å². The van der Waals surface area contributed by atoms with Gasteiger partial charge in [0.25, 0.3) is 5.69 Å². The van der Waals surface area contributed by atoms with Crippen LogP contribution in [0.3, 0.4) is 0 Å². The van der Waals surface area contributed by atoms with Crippen LogP contribution in [0.1, 0.15) is 0 Å². The SMILES string of the molecule is O=[N+]([O-])c1ccc(Oc2ccc(Cl)nc2)c([N+](=O)[O-])c1. The zero-order chi connectivity index (χ0) is 14.7. The average Bonchev–Trinajstić information content (AvgIpc) is 2.41. The maximum absolute atomic E-state index is 10.9. The van der Waals surface area contributed by atoms with Crippen LogP contribution in [-0.2, 0) is 0 Å². The molecule has 0 saturated heterocycles. The molecule has 1 heterocycles. The Morgan fingerprint density at radius 3 is 2.40 bits per heavy atom. The Kier molecular flexibility index (Phi) is 3.76. The lowest BCUT2D eigenvalue weighted by Crippen LogP contribution is -1.96. The summed E-state index contributed by atoms with van der Waals surface area (Å²) in [7, 11) is 0. The van der Waals surface area contributed by atoms with Crippen molar-refractivity contribution in [3.8, 4) is 11.5 Å². The molecule has 0 bridgehead atoms. The van der Waals surface area contributed by atoms with Crippen molar-refractivity contribution in [2.24, 2.45) is 0 Å². The number of non-ortho nitro benzene ring substituents is 1. The maximum Gasteiger partial charge on any atom is 0.318 e. The molecule has 102 valence electrons. The van der Waals surface area contributed by atoms with Crippen molar-refractivity contribution in [1.82, 2.24) is 4.98 Å². The van der Waals surface area contributed by atoms with Crippen LogP contribution in [0.25, 0.3) is 0 Å². The molecule has 0 radical (unpaired) electrons. The Bertz CT molecular complexity index is 674. The van der Waals surface area contributed by atoms with Crippen LogP contribution in [0.5, 0.6) is 11.5 Å². The summed E-state index contributed by atoms with van der Waals surface area (Å²) in [6, 6.07) is 6.03. The first-order valence-corrected chi connectivity index (χ1v) is 5.57. The fraction of sp³-hybridized carbons (Fsp3) is 0. The minimum absolute atomic E-state index is 0.121. The molecular formula is C11H6ClN3O5. The van der Waals surface area contributed by atoms with E-state index in [-0.39, 0.29) is 16.7 Å². The molecule has 0 aliphatic rings. The van der Waals surface area contributed by atoms with E-state index in [1.54, 1.807) is 0 Å². The molecule has 0 spiro atoms. The molecule has 20 heavy (non-hydrogen) atoms. The number of benzene rings is 1. The van der Waals surface area contributed by atoms with Gasteiger partial charge in [0.05, 0.1) is 22.1 Å². The average molecular weight is 296 g/mol. The number of hydrogen-bond donors (Lipinski definition) is 0. The van der Waals surface area contributed by atoms with E-state index in [9.17, 15) is 20.2 Å². The molecular weight excluding hydrogens is 290 g/mol. The first-order chi connectivity index (χ1) is 9.47. The lowest BCUT2D eigenvalue weighted by atomic mass is 10.2. The summed E-state index contributed by atoms with van der Waals surface area (Å²) in [6.07, 6.45) is 1.29. The molecule has 0 N–H and O–H groups in total. The van der Waals surface area contributed by atoms with E-state index >= 15 is 0 Å². The lowest BCUT2D eigenvalue weighted by molar-refractivity contribution is -0.394. The second-order valence-electron chi connectivity index (χ2n) is 3.58. The fourth-order valence-electron chi connectivity index (χ4n) is 1.40. The normalized spacial score (nSPS) is 10.1. The summed E-state index contributed by atoms with van der Waals surface area (Å²) in [4.78, 5) is 23.8. The maximum atomic E-state index is 10.9. The molecule has 2 rings (SSSR count). The standard InChI is InChI=1S/C11H6ClN3O5/c12-11-4-2-8(6-13-11)20-10-3-1-7(14(16)17)5-9(10)15(18)19/h1-6H. The van der Waals surface area contributed by atoms with Crippen molar-refractivity contribution in [3.63, 3.8) is 0 Å². The zero-order valence-electron chi connectivity index (χ0n) is 9.72. The van der Waals surface area contributed by atoms with Gasteiger partial charge in [-0.1, -0.05) is 11.6 Å². The van der Waals surface area contributed by atoms with Crippen molar-refractivity contribution >= 4 is 23.0 Å². The van der Waals surface area contributed by atoms with Gasteiger partial charge in [-0.15, -0.1) is 0 Å². The topological polar surface area (TPSA) is 108 Å². The summed E-state index contributed by atoms with van der Waals surface area (Å²) < 4.78 is 5.28. The highest BCUT2D eigenvalue weighted by Gasteiger charge is 2.21. The predicted molar refractivity (Wildman–Crippen MR) is 69.1 cm³/mol. The van der Waals surface area contributed by atoms with Gasteiger partial charge in [-0.2, -0.15) is 0 Å². The van der Waals surface area contributed by atoms with Gasteiger partial charge in [-0.25, -0.2) is 4.98 Å². The molecule has 0 amide bonds. The van der Waals surface area contributed by atoms with Crippen LogP contribution in [0.4, 0.5) is 11.4 Å². The van der Waals surface area contributed by atoms with Crippen LogP contribution in [-0.4, -0.2) is 14.8 Å². The van der Waals surface area contributed by atoms with Crippen LogP contribution < -0.4 is 4.74 Å². The van der Waals surface area contributed by atoms with Crippen LogP contribution in [0.2, 0.25) is 5.15 Å². The van der Waals surface area contributed by atoms with E-state index in [4.69, 9.17) is 16.3 Å². The Morgan fingerprint density at radius 2 is 1.85 bits per heavy atom. The highest BCUT2D eigenvalue weighted by atomic mass is 35.5. The molecule has 8 nitrogen and oxygen atoms in total. The minimum atomic E-state index is -0.758. The first-order valence-electron chi connectivity index (χ1n) is 5.19. The number of pyridine rings is 1. The number of halogens is 1. The van der Waals surface area contributed by atoms with E-state index < -0.39 is 21.2 Å². The number of nitro groups is 2.